The molecule has 2 aromatic heterocycles. The standard InChI is InChI=1S/C19H16ClFN6OS/c1-2-9-26-17(23-24-25-26)11-29-19-22-16-6-4-3-5-13(16)18(28)27(19)12-7-8-15(21)14(20)10-12/h3-8,10H,2,9,11H2,1H3. The maximum atomic E-state index is 13.7. The molecule has 2 heterocycles. The van der Waals surface area contributed by atoms with E-state index in [9.17, 15) is 9.18 Å². The van der Waals surface area contributed by atoms with Gasteiger partial charge in [-0.1, -0.05) is 42.4 Å². The lowest BCUT2D eigenvalue weighted by Gasteiger charge is -2.13. The molecule has 0 saturated carbocycles. The Morgan fingerprint density at radius 1 is 1.21 bits per heavy atom. The van der Waals surface area contributed by atoms with Gasteiger partial charge in [0.05, 0.1) is 27.4 Å². The summed E-state index contributed by atoms with van der Waals surface area (Å²) in [4.78, 5) is 17.9. The van der Waals surface area contributed by atoms with Crippen LogP contribution in [0.5, 0.6) is 0 Å². The van der Waals surface area contributed by atoms with Crippen LogP contribution in [0.1, 0.15) is 19.2 Å². The van der Waals surface area contributed by atoms with Crippen LogP contribution in [-0.4, -0.2) is 29.8 Å². The lowest BCUT2D eigenvalue weighted by molar-refractivity contribution is 0.564. The summed E-state index contributed by atoms with van der Waals surface area (Å²) < 4.78 is 16.8. The molecule has 0 saturated heterocycles. The zero-order chi connectivity index (χ0) is 20.4. The Morgan fingerprint density at radius 2 is 2.03 bits per heavy atom. The molecule has 0 aliphatic rings. The molecule has 0 spiro atoms. The van der Waals surface area contributed by atoms with Gasteiger partial charge in [0.1, 0.15) is 5.82 Å². The molecule has 4 aromatic rings. The van der Waals surface area contributed by atoms with Crippen LogP contribution in [0.15, 0.2) is 52.4 Å². The summed E-state index contributed by atoms with van der Waals surface area (Å²) in [5.41, 5.74) is 0.766. The number of para-hydroxylation sites is 1. The van der Waals surface area contributed by atoms with Gasteiger partial charge in [0, 0.05) is 6.54 Å². The first-order valence-electron chi connectivity index (χ1n) is 8.93. The number of fused-ring (bicyclic) bond motifs is 1. The van der Waals surface area contributed by atoms with E-state index in [2.05, 4.69) is 20.5 Å². The van der Waals surface area contributed by atoms with Crippen molar-refractivity contribution in [3.63, 3.8) is 0 Å². The van der Waals surface area contributed by atoms with E-state index in [0.29, 0.717) is 39.9 Å². The molecular weight excluding hydrogens is 415 g/mol. The van der Waals surface area contributed by atoms with Gasteiger partial charge in [-0.2, -0.15) is 0 Å². The Balaban J connectivity index is 1.82. The summed E-state index contributed by atoms with van der Waals surface area (Å²) in [5, 5.41) is 12.6. The first kappa shape index (κ1) is 19.5. The second-order valence-corrected chi connectivity index (χ2v) is 7.61. The molecule has 0 fully saturated rings. The SMILES string of the molecule is CCCn1nnnc1CSc1nc2ccccc2c(=O)n1-c1ccc(F)c(Cl)c1. The van der Waals surface area contributed by atoms with Gasteiger partial charge in [0.15, 0.2) is 11.0 Å². The molecule has 0 aliphatic carbocycles. The molecule has 0 amide bonds. The smallest absolute Gasteiger partial charge is 0.266 e. The summed E-state index contributed by atoms with van der Waals surface area (Å²) in [6.45, 7) is 2.74. The molecule has 0 bridgehead atoms. The highest BCUT2D eigenvalue weighted by atomic mass is 35.5. The fourth-order valence-electron chi connectivity index (χ4n) is 2.90. The third-order valence-corrected chi connectivity index (χ3v) is 5.50. The van der Waals surface area contributed by atoms with Gasteiger partial charge in [-0.25, -0.2) is 14.1 Å². The molecule has 0 atom stereocenters. The predicted octanol–water partition coefficient (Wildman–Crippen LogP) is 3.87. The number of halogens is 2. The van der Waals surface area contributed by atoms with Crippen molar-refractivity contribution in [3.05, 3.63) is 69.5 Å². The van der Waals surface area contributed by atoms with Gasteiger partial charge in [0.25, 0.3) is 5.56 Å². The minimum atomic E-state index is -0.551. The summed E-state index contributed by atoms with van der Waals surface area (Å²) in [7, 11) is 0. The van der Waals surface area contributed by atoms with Crippen LogP contribution < -0.4 is 5.56 Å². The number of hydrogen-bond acceptors (Lipinski definition) is 6. The summed E-state index contributed by atoms with van der Waals surface area (Å²) in [5.74, 6) is 0.556. The summed E-state index contributed by atoms with van der Waals surface area (Å²) in [6.07, 6.45) is 0.899. The lowest BCUT2D eigenvalue weighted by Crippen LogP contribution is -2.22. The molecule has 148 valence electrons. The minimum absolute atomic E-state index is 0.0644. The molecule has 7 nitrogen and oxygen atoms in total. The number of tetrazole rings is 1. The minimum Gasteiger partial charge on any atom is -0.268 e. The van der Waals surface area contributed by atoms with E-state index in [4.69, 9.17) is 11.6 Å². The first-order valence-corrected chi connectivity index (χ1v) is 10.3. The molecule has 10 heteroatoms. The van der Waals surface area contributed by atoms with E-state index in [1.165, 1.54) is 34.5 Å². The fourth-order valence-corrected chi connectivity index (χ4v) is 4.02. The maximum absolute atomic E-state index is 13.7. The Labute approximate surface area is 174 Å². The van der Waals surface area contributed by atoms with Crippen molar-refractivity contribution in [2.45, 2.75) is 30.8 Å². The van der Waals surface area contributed by atoms with Crippen LogP contribution in [0.3, 0.4) is 0 Å². The van der Waals surface area contributed by atoms with E-state index in [-0.39, 0.29) is 10.6 Å². The van der Waals surface area contributed by atoms with Gasteiger partial charge in [-0.15, -0.1) is 5.10 Å². The molecular formula is C19H16ClFN6OS. The Hall–Kier alpha value is -2.78. The van der Waals surface area contributed by atoms with Crippen LogP contribution in [0.2, 0.25) is 5.02 Å². The molecule has 29 heavy (non-hydrogen) atoms. The quantitative estimate of drug-likeness (QED) is 0.341. The number of hydrogen-bond donors (Lipinski definition) is 0. The molecule has 4 rings (SSSR count). The van der Waals surface area contributed by atoms with E-state index < -0.39 is 5.82 Å². The fraction of sp³-hybridized carbons (Fsp3) is 0.211. The average molecular weight is 431 g/mol. The van der Waals surface area contributed by atoms with Crippen molar-refractivity contribution in [2.75, 3.05) is 0 Å². The Bertz CT molecular complexity index is 1240. The molecule has 0 aliphatic heterocycles. The maximum Gasteiger partial charge on any atom is 0.266 e. The summed E-state index contributed by atoms with van der Waals surface area (Å²) in [6, 6.07) is 11.2. The second-order valence-electron chi connectivity index (χ2n) is 6.26. The van der Waals surface area contributed by atoms with Crippen LogP contribution >= 0.6 is 23.4 Å². The molecule has 0 N–H and O–H groups in total. The van der Waals surface area contributed by atoms with Crippen molar-refractivity contribution >= 4 is 34.3 Å². The summed E-state index contributed by atoms with van der Waals surface area (Å²) >= 11 is 7.28. The highest BCUT2D eigenvalue weighted by molar-refractivity contribution is 7.98. The molecule has 0 unspecified atom stereocenters. The molecule has 0 radical (unpaired) electrons. The van der Waals surface area contributed by atoms with E-state index in [1.807, 2.05) is 13.0 Å². The monoisotopic (exact) mass is 430 g/mol. The lowest BCUT2D eigenvalue weighted by atomic mass is 10.2. The number of nitrogens with zero attached hydrogens (tertiary/aromatic N) is 6. The normalized spacial score (nSPS) is 11.3. The number of thioether (sulfide) groups is 1. The Kier molecular flexibility index (Phi) is 5.59. The third kappa shape index (κ3) is 3.88. The third-order valence-electron chi connectivity index (χ3n) is 4.28. The zero-order valence-electron chi connectivity index (χ0n) is 15.4. The highest BCUT2D eigenvalue weighted by Gasteiger charge is 2.16. The largest absolute Gasteiger partial charge is 0.268 e. The number of aryl methyl sites for hydroxylation is 1. The molecule has 2 aromatic carbocycles. The van der Waals surface area contributed by atoms with Crippen molar-refractivity contribution < 1.29 is 4.39 Å². The second kappa shape index (κ2) is 8.30. The van der Waals surface area contributed by atoms with Gasteiger partial charge in [0.2, 0.25) is 0 Å². The number of rotatable bonds is 6. The van der Waals surface area contributed by atoms with Crippen molar-refractivity contribution in [3.8, 4) is 5.69 Å². The van der Waals surface area contributed by atoms with Gasteiger partial charge >= 0.3 is 0 Å². The van der Waals surface area contributed by atoms with Gasteiger partial charge in [-0.05, 0) is 47.2 Å². The topological polar surface area (TPSA) is 78.5 Å². The number of aromatic nitrogens is 6. The highest BCUT2D eigenvalue weighted by Crippen LogP contribution is 2.26. The number of benzene rings is 2. The van der Waals surface area contributed by atoms with E-state index in [1.54, 1.807) is 22.9 Å². The average Bonchev–Trinajstić information content (AvgIpc) is 3.16. The van der Waals surface area contributed by atoms with Crippen molar-refractivity contribution in [1.82, 2.24) is 29.8 Å². The van der Waals surface area contributed by atoms with Crippen LogP contribution in [0.4, 0.5) is 4.39 Å². The van der Waals surface area contributed by atoms with Gasteiger partial charge < -0.3 is 0 Å². The van der Waals surface area contributed by atoms with Gasteiger partial charge in [-0.3, -0.25) is 9.36 Å². The van der Waals surface area contributed by atoms with Crippen molar-refractivity contribution in [2.24, 2.45) is 0 Å². The zero-order valence-corrected chi connectivity index (χ0v) is 17.0. The van der Waals surface area contributed by atoms with Crippen LogP contribution in [0, 0.1) is 5.82 Å². The van der Waals surface area contributed by atoms with Crippen molar-refractivity contribution in [1.29, 1.82) is 0 Å². The predicted molar refractivity (Wildman–Crippen MR) is 110 cm³/mol. The first-order chi connectivity index (χ1) is 14.1. The van der Waals surface area contributed by atoms with E-state index in [0.717, 1.165) is 6.42 Å². The van der Waals surface area contributed by atoms with Crippen LogP contribution in [-0.2, 0) is 12.3 Å². The Morgan fingerprint density at radius 3 is 2.83 bits per heavy atom. The van der Waals surface area contributed by atoms with E-state index >= 15 is 0 Å². The van der Waals surface area contributed by atoms with Crippen LogP contribution in [0.25, 0.3) is 16.6 Å².